The molecule has 28 heavy (non-hydrogen) atoms. The molecule has 0 spiro atoms. The van der Waals surface area contributed by atoms with Gasteiger partial charge in [0.25, 0.3) is 0 Å². The van der Waals surface area contributed by atoms with Crippen LogP contribution in [0.2, 0.25) is 0 Å². The van der Waals surface area contributed by atoms with Gasteiger partial charge in [-0.2, -0.15) is 0 Å². The standard InChI is InChI=1S/C20H23N5O2.HI/c1-3-21-20(22-10-15-4-5-17-18(9-15)27-13-26-17)23-11-16-12-25-7-6-14(2)8-19(25)24-16;/h4-9,12H,3,10-11,13H2,1-2H3,(H2,21,22,23);1H. The highest BCUT2D eigenvalue weighted by Gasteiger charge is 2.13. The maximum atomic E-state index is 5.42. The molecule has 3 heterocycles. The lowest BCUT2D eigenvalue weighted by Gasteiger charge is -2.10. The summed E-state index contributed by atoms with van der Waals surface area (Å²) in [5, 5.41) is 6.61. The molecule has 0 unspecified atom stereocenters. The number of aliphatic imine (C=N–C) groups is 1. The molecular formula is C20H24IN5O2. The molecule has 3 aromatic rings. The first kappa shape index (κ1) is 20.2. The highest BCUT2D eigenvalue weighted by molar-refractivity contribution is 14.0. The van der Waals surface area contributed by atoms with Crippen LogP contribution in [-0.2, 0) is 13.1 Å². The van der Waals surface area contributed by atoms with Crippen molar-refractivity contribution in [3.8, 4) is 11.5 Å². The van der Waals surface area contributed by atoms with E-state index in [2.05, 4.69) is 39.7 Å². The summed E-state index contributed by atoms with van der Waals surface area (Å²) >= 11 is 0. The number of pyridine rings is 1. The molecule has 0 bridgehead atoms. The zero-order valence-electron chi connectivity index (χ0n) is 15.9. The number of halogens is 1. The SMILES string of the molecule is CCNC(=NCc1ccc2c(c1)OCO2)NCc1cn2ccc(C)cc2n1.I. The van der Waals surface area contributed by atoms with Crippen molar-refractivity contribution >= 4 is 35.6 Å². The lowest BCUT2D eigenvalue weighted by molar-refractivity contribution is 0.174. The Morgan fingerprint density at radius 1 is 1.18 bits per heavy atom. The van der Waals surface area contributed by atoms with E-state index in [4.69, 9.17) is 9.47 Å². The van der Waals surface area contributed by atoms with E-state index in [-0.39, 0.29) is 30.8 Å². The quantitative estimate of drug-likeness (QED) is 0.325. The first-order valence-corrected chi connectivity index (χ1v) is 9.06. The van der Waals surface area contributed by atoms with Crippen LogP contribution < -0.4 is 20.1 Å². The van der Waals surface area contributed by atoms with Crippen molar-refractivity contribution < 1.29 is 9.47 Å². The summed E-state index contributed by atoms with van der Waals surface area (Å²) in [4.78, 5) is 9.31. The number of hydrogen-bond acceptors (Lipinski definition) is 4. The van der Waals surface area contributed by atoms with Gasteiger partial charge in [0, 0.05) is 18.9 Å². The number of rotatable bonds is 5. The van der Waals surface area contributed by atoms with Crippen LogP contribution in [0.4, 0.5) is 0 Å². The topological polar surface area (TPSA) is 72.2 Å². The normalized spacial score (nSPS) is 12.7. The zero-order valence-corrected chi connectivity index (χ0v) is 18.3. The van der Waals surface area contributed by atoms with Crippen LogP contribution in [0.25, 0.3) is 5.65 Å². The highest BCUT2D eigenvalue weighted by atomic mass is 127. The smallest absolute Gasteiger partial charge is 0.231 e. The molecular weight excluding hydrogens is 469 g/mol. The Bertz CT molecular complexity index is 986. The maximum Gasteiger partial charge on any atom is 0.231 e. The molecule has 7 nitrogen and oxygen atoms in total. The van der Waals surface area contributed by atoms with Crippen LogP contribution in [0, 0.1) is 6.92 Å². The predicted octanol–water partition coefficient (Wildman–Crippen LogP) is 3.24. The van der Waals surface area contributed by atoms with Gasteiger partial charge in [-0.15, -0.1) is 24.0 Å². The predicted molar refractivity (Wildman–Crippen MR) is 120 cm³/mol. The van der Waals surface area contributed by atoms with Gasteiger partial charge in [0.15, 0.2) is 17.5 Å². The largest absolute Gasteiger partial charge is 0.454 e. The van der Waals surface area contributed by atoms with Gasteiger partial charge in [-0.1, -0.05) is 6.07 Å². The fourth-order valence-corrected chi connectivity index (χ4v) is 2.95. The highest BCUT2D eigenvalue weighted by Crippen LogP contribution is 2.32. The second-order valence-electron chi connectivity index (χ2n) is 6.44. The van der Waals surface area contributed by atoms with E-state index in [0.717, 1.165) is 40.9 Å². The minimum absolute atomic E-state index is 0. The number of hydrogen-bond donors (Lipinski definition) is 2. The Kier molecular flexibility index (Phi) is 6.61. The molecule has 2 aromatic heterocycles. The molecule has 1 aliphatic heterocycles. The third-order valence-corrected chi connectivity index (χ3v) is 4.30. The summed E-state index contributed by atoms with van der Waals surface area (Å²) in [5.41, 5.74) is 4.19. The fourth-order valence-electron chi connectivity index (χ4n) is 2.95. The molecule has 0 radical (unpaired) electrons. The molecule has 8 heteroatoms. The fraction of sp³-hybridized carbons (Fsp3) is 0.300. The second kappa shape index (κ2) is 9.13. The lowest BCUT2D eigenvalue weighted by Crippen LogP contribution is -2.36. The van der Waals surface area contributed by atoms with Crippen molar-refractivity contribution in [3.63, 3.8) is 0 Å². The van der Waals surface area contributed by atoms with Gasteiger partial charge in [0.2, 0.25) is 6.79 Å². The van der Waals surface area contributed by atoms with Crippen molar-refractivity contribution in [2.75, 3.05) is 13.3 Å². The van der Waals surface area contributed by atoms with Gasteiger partial charge >= 0.3 is 0 Å². The van der Waals surface area contributed by atoms with Crippen molar-refractivity contribution in [2.24, 2.45) is 4.99 Å². The van der Waals surface area contributed by atoms with Gasteiger partial charge in [-0.05, 0) is 49.2 Å². The number of benzene rings is 1. The van der Waals surface area contributed by atoms with Gasteiger partial charge in [-0.3, -0.25) is 0 Å². The van der Waals surface area contributed by atoms with Crippen LogP contribution in [0.1, 0.15) is 23.7 Å². The van der Waals surface area contributed by atoms with Gasteiger partial charge in [0.1, 0.15) is 5.65 Å². The molecule has 1 aliphatic rings. The summed E-state index contributed by atoms with van der Waals surface area (Å²) in [7, 11) is 0. The number of ether oxygens (including phenoxy) is 2. The molecule has 0 atom stereocenters. The number of nitrogens with zero attached hydrogens (tertiary/aromatic N) is 3. The Morgan fingerprint density at radius 3 is 2.89 bits per heavy atom. The molecule has 148 valence electrons. The molecule has 1 aromatic carbocycles. The van der Waals surface area contributed by atoms with Crippen LogP contribution >= 0.6 is 24.0 Å². The summed E-state index contributed by atoms with van der Waals surface area (Å²) in [6, 6.07) is 10.0. The van der Waals surface area contributed by atoms with E-state index < -0.39 is 0 Å². The Labute approximate surface area is 181 Å². The molecule has 0 amide bonds. The van der Waals surface area contributed by atoms with E-state index in [1.807, 2.05) is 41.9 Å². The summed E-state index contributed by atoms with van der Waals surface area (Å²) in [6.07, 6.45) is 4.06. The van der Waals surface area contributed by atoms with Crippen molar-refractivity contribution in [2.45, 2.75) is 26.9 Å². The van der Waals surface area contributed by atoms with Crippen LogP contribution in [0.5, 0.6) is 11.5 Å². The maximum absolute atomic E-state index is 5.42. The molecule has 0 aliphatic carbocycles. The van der Waals surface area contributed by atoms with E-state index in [9.17, 15) is 0 Å². The Morgan fingerprint density at radius 2 is 2.04 bits per heavy atom. The molecule has 2 N–H and O–H groups in total. The van der Waals surface area contributed by atoms with Gasteiger partial charge in [-0.25, -0.2) is 9.98 Å². The van der Waals surface area contributed by atoms with Gasteiger partial charge in [0.05, 0.1) is 18.8 Å². The average Bonchev–Trinajstić information content (AvgIpc) is 3.29. The minimum Gasteiger partial charge on any atom is -0.454 e. The first-order valence-electron chi connectivity index (χ1n) is 9.06. The van der Waals surface area contributed by atoms with Crippen LogP contribution in [-0.4, -0.2) is 28.7 Å². The van der Waals surface area contributed by atoms with E-state index >= 15 is 0 Å². The summed E-state index contributed by atoms with van der Waals surface area (Å²) in [6.45, 7) is 6.34. The van der Waals surface area contributed by atoms with E-state index in [1.165, 1.54) is 5.56 Å². The number of aryl methyl sites for hydroxylation is 1. The summed E-state index contributed by atoms with van der Waals surface area (Å²) < 4.78 is 12.8. The molecule has 0 saturated heterocycles. The van der Waals surface area contributed by atoms with E-state index in [1.54, 1.807) is 0 Å². The van der Waals surface area contributed by atoms with Crippen LogP contribution in [0.3, 0.4) is 0 Å². The average molecular weight is 493 g/mol. The number of aromatic nitrogens is 2. The van der Waals surface area contributed by atoms with Crippen LogP contribution in [0.15, 0.2) is 47.7 Å². The minimum atomic E-state index is 0. The third-order valence-electron chi connectivity index (χ3n) is 4.30. The van der Waals surface area contributed by atoms with Crippen molar-refractivity contribution in [1.82, 2.24) is 20.0 Å². The third kappa shape index (κ3) is 4.67. The van der Waals surface area contributed by atoms with Gasteiger partial charge < -0.3 is 24.5 Å². The number of nitrogens with one attached hydrogen (secondary N) is 2. The number of guanidine groups is 1. The summed E-state index contributed by atoms with van der Waals surface area (Å²) in [5.74, 6) is 2.32. The lowest BCUT2D eigenvalue weighted by atomic mass is 10.2. The number of fused-ring (bicyclic) bond motifs is 2. The zero-order chi connectivity index (χ0) is 18.6. The van der Waals surface area contributed by atoms with E-state index in [0.29, 0.717) is 13.1 Å². The molecule has 0 fully saturated rings. The van der Waals surface area contributed by atoms with Crippen molar-refractivity contribution in [1.29, 1.82) is 0 Å². The Hall–Kier alpha value is -2.49. The Balaban J connectivity index is 0.00000225. The monoisotopic (exact) mass is 493 g/mol. The van der Waals surface area contributed by atoms with Crippen molar-refractivity contribution in [3.05, 3.63) is 59.5 Å². The first-order chi connectivity index (χ1) is 13.2. The molecule has 0 saturated carbocycles. The second-order valence-corrected chi connectivity index (χ2v) is 6.44. The molecule has 4 rings (SSSR count). The number of imidazole rings is 1.